The summed E-state index contributed by atoms with van der Waals surface area (Å²) in [6.07, 6.45) is 4.93. The minimum absolute atomic E-state index is 0.0242. The molecule has 14 heteroatoms. The van der Waals surface area contributed by atoms with Gasteiger partial charge in [-0.3, -0.25) is 24.1 Å². The fourth-order valence-corrected chi connectivity index (χ4v) is 10.8. The highest BCUT2D eigenvalue weighted by atomic mass is 35.5. The standard InChI is InChI=1S/C59H73ClN6O6S/c1-42-55(73-41-62-42)47-24-22-43(23-25-47)39-61-57(70)51-38-48(67)40-66(51)58(71)56(59(2,3)4)63-52(68)20-14-6-5-7-15-21-53(69)65-34-32-64(33-35-65)36-37-72-49-28-26-46(27-29-49)54(45-18-12-9-13-19-45)50(30-31-60)44-16-10-8-11-17-44/h8-13,16-19,22-29,41,48,51,56,67H,5-7,14-15,20-21,30-40H2,1-4H3,(H,61,70)(H,63,68)/b54-50-/t48-,51+,56-/m1/s1. The van der Waals surface area contributed by atoms with Crippen LogP contribution in [0.25, 0.3) is 21.6 Å². The number of unbranched alkanes of at least 4 members (excludes halogenated alkanes) is 4. The highest BCUT2D eigenvalue weighted by molar-refractivity contribution is 7.13. The van der Waals surface area contributed by atoms with E-state index < -0.39 is 23.6 Å². The SMILES string of the molecule is Cc1ncsc1-c1ccc(CNC(=O)[C@@H]2C[C@@H](O)CN2C(=O)[C@@H](NC(=O)CCCCCCCC(=O)N2CCN(CCOc3ccc(/C(=C(/CCCl)c4ccccc4)c4ccccc4)cc3)CC2)C(C)(C)C)cc1. The predicted molar refractivity (Wildman–Crippen MR) is 293 cm³/mol. The van der Waals surface area contributed by atoms with Crippen LogP contribution < -0.4 is 15.4 Å². The molecule has 0 radical (unpaired) electrons. The molecule has 7 rings (SSSR count). The number of β-amino-alcohol motifs (C(OH)–C–C–N with tert-alkyl or cyclic N) is 1. The summed E-state index contributed by atoms with van der Waals surface area (Å²) in [4.78, 5) is 65.1. The van der Waals surface area contributed by atoms with Crippen molar-refractivity contribution in [2.75, 3.05) is 51.8 Å². The van der Waals surface area contributed by atoms with Crippen LogP contribution in [0.3, 0.4) is 0 Å². The van der Waals surface area contributed by atoms with Crippen molar-refractivity contribution >= 4 is 57.7 Å². The quantitative estimate of drug-likeness (QED) is 0.0334. The van der Waals surface area contributed by atoms with E-state index in [4.69, 9.17) is 16.3 Å². The molecule has 5 aromatic rings. The van der Waals surface area contributed by atoms with Crippen LogP contribution in [0.4, 0.5) is 0 Å². The van der Waals surface area contributed by atoms with Gasteiger partial charge in [0.1, 0.15) is 24.4 Å². The fourth-order valence-electron chi connectivity index (χ4n) is 9.76. The molecule has 0 aliphatic carbocycles. The Morgan fingerprint density at radius 2 is 1.42 bits per heavy atom. The zero-order chi connectivity index (χ0) is 51.7. The maximum atomic E-state index is 14.1. The number of piperazine rings is 1. The van der Waals surface area contributed by atoms with Crippen molar-refractivity contribution in [3.05, 3.63) is 143 Å². The number of benzene rings is 4. The molecule has 73 heavy (non-hydrogen) atoms. The van der Waals surface area contributed by atoms with Crippen LogP contribution in [0.5, 0.6) is 5.75 Å². The average molecular weight is 1030 g/mol. The molecular weight excluding hydrogens is 956 g/mol. The molecule has 12 nitrogen and oxygen atoms in total. The van der Waals surface area contributed by atoms with Gasteiger partial charge in [0.25, 0.3) is 0 Å². The number of nitrogens with one attached hydrogen (secondary N) is 2. The summed E-state index contributed by atoms with van der Waals surface area (Å²) < 4.78 is 6.21. The Bertz CT molecular complexity index is 2590. The average Bonchev–Trinajstić information content (AvgIpc) is 4.02. The Balaban J connectivity index is 0.771. The Morgan fingerprint density at radius 1 is 0.795 bits per heavy atom. The topological polar surface area (TPSA) is 144 Å². The minimum Gasteiger partial charge on any atom is -0.492 e. The van der Waals surface area contributed by atoms with E-state index in [1.54, 1.807) is 11.3 Å². The number of amides is 4. The van der Waals surface area contributed by atoms with Gasteiger partial charge < -0.3 is 30.3 Å². The molecule has 3 heterocycles. The first kappa shape index (κ1) is 54.9. The summed E-state index contributed by atoms with van der Waals surface area (Å²) in [6.45, 7) is 12.3. The smallest absolute Gasteiger partial charge is 0.246 e. The third kappa shape index (κ3) is 15.6. The summed E-state index contributed by atoms with van der Waals surface area (Å²) >= 11 is 7.93. The maximum Gasteiger partial charge on any atom is 0.246 e. The van der Waals surface area contributed by atoms with Crippen LogP contribution in [0.15, 0.2) is 115 Å². The molecule has 0 bridgehead atoms. The van der Waals surface area contributed by atoms with Gasteiger partial charge in [-0.15, -0.1) is 22.9 Å². The van der Waals surface area contributed by atoms with E-state index in [0.29, 0.717) is 38.4 Å². The fraction of sp³-hybridized carbons (Fsp3) is 0.441. The molecule has 0 unspecified atom stereocenters. The number of allylic oxidation sites excluding steroid dienone is 1. The summed E-state index contributed by atoms with van der Waals surface area (Å²) in [5, 5.41) is 16.5. The molecule has 4 amide bonds. The van der Waals surface area contributed by atoms with Gasteiger partial charge in [0.2, 0.25) is 23.6 Å². The molecule has 0 spiro atoms. The summed E-state index contributed by atoms with van der Waals surface area (Å²) in [5.74, 6) is 0.609. The van der Waals surface area contributed by atoms with Crippen molar-refractivity contribution < 1.29 is 29.0 Å². The number of carbonyl (C=O) groups excluding carboxylic acids is 4. The van der Waals surface area contributed by atoms with E-state index >= 15 is 0 Å². The van der Waals surface area contributed by atoms with Gasteiger partial charge >= 0.3 is 0 Å². The van der Waals surface area contributed by atoms with E-state index in [1.807, 2.05) is 86.6 Å². The lowest BCUT2D eigenvalue weighted by Gasteiger charge is -2.35. The van der Waals surface area contributed by atoms with Crippen molar-refractivity contribution in [3.63, 3.8) is 0 Å². The number of aryl methyl sites for hydroxylation is 1. The second-order valence-electron chi connectivity index (χ2n) is 20.3. The highest BCUT2D eigenvalue weighted by Crippen LogP contribution is 2.36. The number of aliphatic hydroxyl groups is 1. The van der Waals surface area contributed by atoms with Gasteiger partial charge in [0, 0.05) is 71.0 Å². The molecule has 3 atom stereocenters. The zero-order valence-electron chi connectivity index (χ0n) is 43.0. The van der Waals surface area contributed by atoms with E-state index in [1.165, 1.54) is 16.0 Å². The van der Waals surface area contributed by atoms with Crippen LogP contribution in [0, 0.1) is 12.3 Å². The number of hydrogen-bond acceptors (Lipinski definition) is 9. The summed E-state index contributed by atoms with van der Waals surface area (Å²) in [7, 11) is 0. The lowest BCUT2D eigenvalue weighted by Crippen LogP contribution is -2.57. The third-order valence-electron chi connectivity index (χ3n) is 13.9. The van der Waals surface area contributed by atoms with E-state index in [9.17, 15) is 24.3 Å². The highest BCUT2D eigenvalue weighted by Gasteiger charge is 2.44. The van der Waals surface area contributed by atoms with E-state index in [2.05, 4.69) is 81.2 Å². The molecule has 2 saturated heterocycles. The molecule has 2 aliphatic rings. The number of likely N-dealkylation sites (tertiary alicyclic amines) is 1. The molecule has 4 aromatic carbocycles. The second kappa shape index (κ2) is 26.9. The third-order valence-corrected chi connectivity index (χ3v) is 15.0. The molecule has 2 fully saturated rings. The molecule has 1 aromatic heterocycles. The predicted octanol–water partition coefficient (Wildman–Crippen LogP) is 9.77. The van der Waals surface area contributed by atoms with E-state index in [0.717, 1.165) is 95.9 Å². The molecule has 0 saturated carbocycles. The van der Waals surface area contributed by atoms with Crippen molar-refractivity contribution in [2.24, 2.45) is 5.41 Å². The van der Waals surface area contributed by atoms with Gasteiger partial charge in [-0.1, -0.05) is 137 Å². The maximum absolute atomic E-state index is 14.1. The molecule has 388 valence electrons. The van der Waals surface area contributed by atoms with Crippen molar-refractivity contribution in [1.82, 2.24) is 30.3 Å². The lowest BCUT2D eigenvalue weighted by molar-refractivity contribution is -0.144. The Kier molecular flexibility index (Phi) is 20.2. The van der Waals surface area contributed by atoms with Crippen LogP contribution in [0.1, 0.15) is 107 Å². The largest absolute Gasteiger partial charge is 0.492 e. The Morgan fingerprint density at radius 3 is 2.05 bits per heavy atom. The molecule has 3 N–H and O–H groups in total. The number of hydrogen-bond donors (Lipinski definition) is 3. The first-order chi connectivity index (χ1) is 35.3. The first-order valence-corrected chi connectivity index (χ1v) is 27.4. The summed E-state index contributed by atoms with van der Waals surface area (Å²) in [5.41, 5.74) is 9.95. The number of aliphatic hydroxyl groups excluding tert-OH is 1. The number of aromatic nitrogens is 1. The number of rotatable bonds is 23. The Labute approximate surface area is 441 Å². The number of ether oxygens (including phenoxy) is 1. The van der Waals surface area contributed by atoms with Gasteiger partial charge in [-0.05, 0) is 82.7 Å². The van der Waals surface area contributed by atoms with Crippen molar-refractivity contribution in [1.29, 1.82) is 0 Å². The number of thiazole rings is 1. The first-order valence-electron chi connectivity index (χ1n) is 26.0. The lowest BCUT2D eigenvalue weighted by atomic mass is 9.85. The van der Waals surface area contributed by atoms with Gasteiger partial charge in [0.15, 0.2) is 0 Å². The van der Waals surface area contributed by atoms with Gasteiger partial charge in [-0.25, -0.2) is 4.98 Å². The van der Waals surface area contributed by atoms with Gasteiger partial charge in [0.05, 0.1) is 22.2 Å². The Hall–Kier alpha value is -5.86. The van der Waals surface area contributed by atoms with Crippen LogP contribution in [0.2, 0.25) is 0 Å². The number of carbonyl (C=O) groups is 4. The van der Waals surface area contributed by atoms with Crippen LogP contribution >= 0.6 is 22.9 Å². The molecule has 2 aliphatic heterocycles. The van der Waals surface area contributed by atoms with Crippen LogP contribution in [-0.2, 0) is 25.7 Å². The monoisotopic (exact) mass is 1030 g/mol. The van der Waals surface area contributed by atoms with E-state index in [-0.39, 0.29) is 49.6 Å². The number of alkyl halides is 1. The minimum atomic E-state index is -0.869. The number of halogens is 1. The molecular formula is C59H73ClN6O6S. The van der Waals surface area contributed by atoms with Gasteiger partial charge in [-0.2, -0.15) is 0 Å². The zero-order valence-corrected chi connectivity index (χ0v) is 44.6. The second-order valence-corrected chi connectivity index (χ2v) is 21.6. The van der Waals surface area contributed by atoms with Crippen LogP contribution in [-0.4, -0.2) is 118 Å². The summed E-state index contributed by atoms with van der Waals surface area (Å²) in [6, 6.07) is 35.5. The van der Waals surface area contributed by atoms with Crippen molar-refractivity contribution in [2.45, 2.75) is 110 Å². The normalized spacial score (nSPS) is 17.0. The number of nitrogens with zero attached hydrogens (tertiary/aromatic N) is 4. The van der Waals surface area contributed by atoms with Crippen molar-refractivity contribution in [3.8, 4) is 16.2 Å².